The van der Waals surface area contributed by atoms with E-state index in [4.69, 9.17) is 15.2 Å². The van der Waals surface area contributed by atoms with E-state index in [1.807, 2.05) is 51.3 Å². The number of rotatable bonds is 8. The Bertz CT molecular complexity index is 627. The molecule has 2 amide bonds. The molecule has 7 nitrogen and oxygen atoms in total. The van der Waals surface area contributed by atoms with E-state index in [-0.39, 0.29) is 18.2 Å². The predicted molar refractivity (Wildman–Crippen MR) is 137 cm³/mol. The highest BCUT2D eigenvalue weighted by Gasteiger charge is 2.31. The largest absolute Gasteiger partial charge is 0.444 e. The van der Waals surface area contributed by atoms with E-state index in [0.717, 1.165) is 57.9 Å². The van der Waals surface area contributed by atoms with Crippen LogP contribution in [0.25, 0.3) is 0 Å². The Morgan fingerprint density at radius 1 is 0.765 bits per heavy atom. The third kappa shape index (κ3) is 10.4. The Morgan fingerprint density at radius 2 is 1.29 bits per heavy atom. The molecule has 0 bridgehead atoms. The smallest absolute Gasteiger partial charge is 0.410 e. The molecular formula is C27H51N3O4. The number of hydrogen-bond donors (Lipinski definition) is 1. The number of ether oxygens (including phenoxy) is 2. The molecule has 0 aromatic carbocycles. The summed E-state index contributed by atoms with van der Waals surface area (Å²) in [6, 6.07) is 0.227. The molecule has 0 aliphatic heterocycles. The molecule has 2 aliphatic carbocycles. The normalized spacial score (nSPS) is 22.2. The van der Waals surface area contributed by atoms with E-state index in [1.165, 1.54) is 6.42 Å². The Labute approximate surface area is 208 Å². The third-order valence-corrected chi connectivity index (χ3v) is 6.90. The van der Waals surface area contributed by atoms with Crippen LogP contribution in [0.3, 0.4) is 0 Å². The number of hydrogen-bond acceptors (Lipinski definition) is 5. The molecule has 0 aromatic heterocycles. The van der Waals surface area contributed by atoms with Crippen molar-refractivity contribution in [1.82, 2.24) is 9.80 Å². The molecule has 0 spiro atoms. The first-order valence-electron chi connectivity index (χ1n) is 13.6. The van der Waals surface area contributed by atoms with Crippen molar-refractivity contribution in [3.63, 3.8) is 0 Å². The lowest BCUT2D eigenvalue weighted by molar-refractivity contribution is 0.00904. The third-order valence-electron chi connectivity index (χ3n) is 6.90. The first-order valence-corrected chi connectivity index (χ1v) is 13.6. The van der Waals surface area contributed by atoms with Gasteiger partial charge in [-0.3, -0.25) is 0 Å². The molecule has 2 fully saturated rings. The lowest BCUT2D eigenvalue weighted by Crippen LogP contribution is -2.46. The zero-order valence-electron chi connectivity index (χ0n) is 22.7. The van der Waals surface area contributed by atoms with Gasteiger partial charge in [-0.2, -0.15) is 0 Å². The number of nitrogens with two attached hydrogens (primary N) is 1. The zero-order valence-corrected chi connectivity index (χ0v) is 22.7. The minimum Gasteiger partial charge on any atom is -0.444 e. The Kier molecular flexibility index (Phi) is 11.0. The second-order valence-corrected chi connectivity index (χ2v) is 12.4. The lowest BCUT2D eigenvalue weighted by atomic mass is 9.82. The highest BCUT2D eigenvalue weighted by atomic mass is 16.6. The molecule has 0 unspecified atom stereocenters. The molecule has 2 saturated carbocycles. The molecule has 34 heavy (non-hydrogen) atoms. The van der Waals surface area contributed by atoms with Crippen LogP contribution >= 0.6 is 0 Å². The van der Waals surface area contributed by atoms with E-state index in [2.05, 4.69) is 0 Å². The monoisotopic (exact) mass is 481 g/mol. The quantitative estimate of drug-likeness (QED) is 0.463. The van der Waals surface area contributed by atoms with Crippen LogP contribution in [0, 0.1) is 11.8 Å². The van der Waals surface area contributed by atoms with Gasteiger partial charge < -0.3 is 25.0 Å². The number of carbonyl (C=O) groups excluding carboxylic acids is 2. The van der Waals surface area contributed by atoms with Gasteiger partial charge in [-0.25, -0.2) is 9.59 Å². The van der Waals surface area contributed by atoms with Gasteiger partial charge in [-0.15, -0.1) is 0 Å². The molecule has 198 valence electrons. The molecule has 2 rings (SSSR count). The molecule has 0 aromatic rings. The summed E-state index contributed by atoms with van der Waals surface area (Å²) in [5, 5.41) is 0. The average Bonchev–Trinajstić information content (AvgIpc) is 2.74. The SMILES string of the molecule is CC(C)(C)OC(=O)N(CCCN(C(=O)OC(C)(C)C)C1CCCCC1)CC1CCC(CN)CC1. The number of nitrogens with zero attached hydrogens (tertiary/aromatic N) is 2. The maximum atomic E-state index is 13.0. The summed E-state index contributed by atoms with van der Waals surface area (Å²) >= 11 is 0. The summed E-state index contributed by atoms with van der Waals surface area (Å²) in [5.74, 6) is 1.10. The first kappa shape index (κ1) is 28.7. The van der Waals surface area contributed by atoms with E-state index in [9.17, 15) is 9.59 Å². The molecule has 7 heteroatoms. The van der Waals surface area contributed by atoms with E-state index < -0.39 is 11.2 Å². The zero-order chi connectivity index (χ0) is 25.4. The van der Waals surface area contributed by atoms with Crippen molar-refractivity contribution in [1.29, 1.82) is 0 Å². The van der Waals surface area contributed by atoms with Gasteiger partial charge in [-0.05, 0) is 105 Å². The Balaban J connectivity index is 2.01. The van der Waals surface area contributed by atoms with Crippen LogP contribution in [0.15, 0.2) is 0 Å². The minimum absolute atomic E-state index is 0.227. The van der Waals surface area contributed by atoms with Gasteiger partial charge in [0.05, 0.1) is 0 Å². The van der Waals surface area contributed by atoms with Gasteiger partial charge >= 0.3 is 12.2 Å². The second kappa shape index (κ2) is 13.0. The fourth-order valence-corrected chi connectivity index (χ4v) is 5.11. The fourth-order valence-electron chi connectivity index (χ4n) is 5.11. The number of carbonyl (C=O) groups is 2. The Morgan fingerprint density at radius 3 is 1.82 bits per heavy atom. The summed E-state index contributed by atoms with van der Waals surface area (Å²) < 4.78 is 11.5. The summed E-state index contributed by atoms with van der Waals surface area (Å²) in [6.07, 6.45) is 10.3. The van der Waals surface area contributed by atoms with Gasteiger partial charge in [0.15, 0.2) is 0 Å². The van der Waals surface area contributed by atoms with Crippen molar-refractivity contribution in [2.45, 2.75) is 123 Å². The van der Waals surface area contributed by atoms with Crippen LogP contribution in [0.5, 0.6) is 0 Å². The molecule has 0 atom stereocenters. The average molecular weight is 482 g/mol. The van der Waals surface area contributed by atoms with E-state index >= 15 is 0 Å². The summed E-state index contributed by atoms with van der Waals surface area (Å²) in [6.45, 7) is 14.1. The second-order valence-electron chi connectivity index (χ2n) is 12.4. The van der Waals surface area contributed by atoms with Gasteiger partial charge in [0.25, 0.3) is 0 Å². The molecule has 0 saturated heterocycles. The maximum Gasteiger partial charge on any atom is 0.410 e. The van der Waals surface area contributed by atoms with Crippen LogP contribution in [-0.2, 0) is 9.47 Å². The molecule has 0 heterocycles. The maximum absolute atomic E-state index is 13.0. The van der Waals surface area contributed by atoms with Crippen LogP contribution in [0.1, 0.15) is 106 Å². The highest BCUT2D eigenvalue weighted by molar-refractivity contribution is 5.69. The van der Waals surface area contributed by atoms with Crippen molar-refractivity contribution in [2.75, 3.05) is 26.2 Å². The van der Waals surface area contributed by atoms with Crippen molar-refractivity contribution in [3.05, 3.63) is 0 Å². The van der Waals surface area contributed by atoms with Crippen molar-refractivity contribution in [2.24, 2.45) is 17.6 Å². The van der Waals surface area contributed by atoms with Crippen molar-refractivity contribution >= 4 is 12.2 Å². The molecule has 0 radical (unpaired) electrons. The van der Waals surface area contributed by atoms with E-state index in [0.29, 0.717) is 37.9 Å². The van der Waals surface area contributed by atoms with Gasteiger partial charge in [0, 0.05) is 25.7 Å². The van der Waals surface area contributed by atoms with Crippen LogP contribution in [0.2, 0.25) is 0 Å². The summed E-state index contributed by atoms with van der Waals surface area (Å²) in [4.78, 5) is 29.8. The van der Waals surface area contributed by atoms with Crippen molar-refractivity contribution in [3.8, 4) is 0 Å². The molecule has 2 aliphatic rings. The van der Waals surface area contributed by atoms with Gasteiger partial charge in [0.1, 0.15) is 11.2 Å². The fraction of sp³-hybridized carbons (Fsp3) is 0.926. The predicted octanol–water partition coefficient (Wildman–Crippen LogP) is 5.95. The molecule has 2 N–H and O–H groups in total. The van der Waals surface area contributed by atoms with Crippen LogP contribution < -0.4 is 5.73 Å². The van der Waals surface area contributed by atoms with Crippen molar-refractivity contribution < 1.29 is 19.1 Å². The minimum atomic E-state index is -0.531. The number of amides is 2. The topological polar surface area (TPSA) is 85.1 Å². The van der Waals surface area contributed by atoms with Crippen LogP contribution in [-0.4, -0.2) is 65.4 Å². The Hall–Kier alpha value is -1.50. The highest BCUT2D eigenvalue weighted by Crippen LogP contribution is 2.29. The van der Waals surface area contributed by atoms with E-state index in [1.54, 1.807) is 0 Å². The van der Waals surface area contributed by atoms with Gasteiger partial charge in [0.2, 0.25) is 0 Å². The summed E-state index contributed by atoms with van der Waals surface area (Å²) in [5.41, 5.74) is 4.81. The first-order chi connectivity index (χ1) is 15.9. The van der Waals surface area contributed by atoms with Crippen LogP contribution in [0.4, 0.5) is 9.59 Å². The standard InChI is InChI=1S/C27H51N3O4/c1-26(2,3)33-24(31)29(20-22-15-13-21(19-28)14-16-22)17-10-18-30(23-11-8-7-9-12-23)25(32)34-27(4,5)6/h21-23H,7-20,28H2,1-6H3. The van der Waals surface area contributed by atoms with Gasteiger partial charge in [-0.1, -0.05) is 19.3 Å². The molecular weight excluding hydrogens is 430 g/mol. The lowest BCUT2D eigenvalue weighted by Gasteiger charge is -2.37. The summed E-state index contributed by atoms with van der Waals surface area (Å²) in [7, 11) is 0.